The lowest BCUT2D eigenvalue weighted by Gasteiger charge is -2.38. The lowest BCUT2D eigenvalue weighted by molar-refractivity contribution is 0.0487. The second kappa shape index (κ2) is 7.67. The number of thiazole rings is 1. The van der Waals surface area contributed by atoms with Gasteiger partial charge in [0.25, 0.3) is 5.91 Å². The number of carbonyl (C=O) groups is 1. The molecule has 1 aliphatic rings. The van der Waals surface area contributed by atoms with E-state index in [2.05, 4.69) is 37.1 Å². The van der Waals surface area contributed by atoms with Crippen LogP contribution in [0, 0.1) is 0 Å². The molecule has 0 spiro atoms. The van der Waals surface area contributed by atoms with Crippen LogP contribution in [0.2, 0.25) is 5.02 Å². The Bertz CT molecular complexity index is 776. The molecule has 0 saturated carbocycles. The van der Waals surface area contributed by atoms with Crippen LogP contribution in [0.5, 0.6) is 0 Å². The zero-order valence-electron chi connectivity index (χ0n) is 15.5. The number of carbonyl (C=O) groups excluding carboxylic acids is 1. The van der Waals surface area contributed by atoms with Crippen LogP contribution < -0.4 is 5.32 Å². The van der Waals surface area contributed by atoms with E-state index < -0.39 is 0 Å². The molecule has 1 saturated heterocycles. The van der Waals surface area contributed by atoms with Gasteiger partial charge in [0.15, 0.2) is 0 Å². The molecular weight excluding hydrogens is 368 g/mol. The minimum absolute atomic E-state index is 0.0497. The standard InChI is InChI=1S/C20H25ClN2O2S/c1-19(2,3)18-23-16(12-26-18)17(24)22-13-20(7-9-25-10-8-20)14-5-4-6-15(21)11-14/h4-6,11-12H,7-10,13H2,1-3H3,(H,22,24). The summed E-state index contributed by atoms with van der Waals surface area (Å²) in [5.74, 6) is -0.121. The van der Waals surface area contributed by atoms with Crippen LogP contribution >= 0.6 is 22.9 Å². The van der Waals surface area contributed by atoms with Crippen LogP contribution in [0.25, 0.3) is 0 Å². The number of hydrogen-bond donors (Lipinski definition) is 1. The molecule has 0 unspecified atom stereocenters. The highest BCUT2D eigenvalue weighted by Gasteiger charge is 2.35. The molecule has 1 N–H and O–H groups in total. The monoisotopic (exact) mass is 392 g/mol. The van der Waals surface area contributed by atoms with Crippen molar-refractivity contribution in [3.05, 3.63) is 50.9 Å². The maximum atomic E-state index is 12.6. The van der Waals surface area contributed by atoms with Crippen molar-refractivity contribution in [3.63, 3.8) is 0 Å². The molecule has 4 nitrogen and oxygen atoms in total. The minimum Gasteiger partial charge on any atom is -0.381 e. The number of amides is 1. The van der Waals surface area contributed by atoms with Crippen molar-refractivity contribution >= 4 is 28.8 Å². The second-order valence-corrected chi connectivity index (χ2v) is 9.17. The molecule has 2 aromatic rings. The number of benzene rings is 1. The predicted molar refractivity (Wildman–Crippen MR) is 106 cm³/mol. The molecule has 0 bridgehead atoms. The zero-order chi connectivity index (χ0) is 18.8. The molecular formula is C20H25ClN2O2S. The van der Waals surface area contributed by atoms with E-state index in [1.165, 1.54) is 11.3 Å². The topological polar surface area (TPSA) is 51.2 Å². The Balaban J connectivity index is 1.76. The molecule has 0 atom stereocenters. The highest BCUT2D eigenvalue weighted by Crippen LogP contribution is 2.35. The Labute approximate surface area is 163 Å². The normalized spacial score (nSPS) is 17.1. The minimum atomic E-state index is -0.151. The Morgan fingerprint density at radius 2 is 2.08 bits per heavy atom. The van der Waals surface area contributed by atoms with Crippen molar-refractivity contribution in [2.45, 2.75) is 44.4 Å². The number of halogens is 1. The zero-order valence-corrected chi connectivity index (χ0v) is 17.0. The first-order valence-corrected chi connectivity index (χ1v) is 10.1. The van der Waals surface area contributed by atoms with Gasteiger partial charge in [0.05, 0.1) is 5.01 Å². The Kier molecular flexibility index (Phi) is 5.70. The summed E-state index contributed by atoms with van der Waals surface area (Å²) >= 11 is 7.74. The van der Waals surface area contributed by atoms with Crippen LogP contribution in [0.15, 0.2) is 29.6 Å². The van der Waals surface area contributed by atoms with E-state index in [1.54, 1.807) is 0 Å². The lowest BCUT2D eigenvalue weighted by atomic mass is 9.74. The van der Waals surface area contributed by atoms with Gasteiger partial charge in [0.2, 0.25) is 0 Å². The van der Waals surface area contributed by atoms with Gasteiger partial charge in [-0.1, -0.05) is 44.5 Å². The summed E-state index contributed by atoms with van der Waals surface area (Å²) < 4.78 is 5.55. The summed E-state index contributed by atoms with van der Waals surface area (Å²) in [6, 6.07) is 7.93. The van der Waals surface area contributed by atoms with Crippen molar-refractivity contribution < 1.29 is 9.53 Å². The van der Waals surface area contributed by atoms with Gasteiger partial charge >= 0.3 is 0 Å². The fourth-order valence-corrected chi connectivity index (χ4v) is 4.29. The fourth-order valence-electron chi connectivity index (χ4n) is 3.21. The molecule has 0 aliphatic carbocycles. The average molecular weight is 393 g/mol. The maximum Gasteiger partial charge on any atom is 0.270 e. The Hall–Kier alpha value is -1.43. The molecule has 1 aromatic heterocycles. The smallest absolute Gasteiger partial charge is 0.270 e. The van der Waals surface area contributed by atoms with Crippen LogP contribution in [-0.2, 0) is 15.6 Å². The number of hydrogen-bond acceptors (Lipinski definition) is 4. The van der Waals surface area contributed by atoms with Gasteiger partial charge in [-0.25, -0.2) is 4.98 Å². The van der Waals surface area contributed by atoms with Gasteiger partial charge < -0.3 is 10.1 Å². The molecule has 1 amide bonds. The fraction of sp³-hybridized carbons (Fsp3) is 0.500. The van der Waals surface area contributed by atoms with Crippen LogP contribution in [0.3, 0.4) is 0 Å². The second-order valence-electron chi connectivity index (χ2n) is 7.87. The quantitative estimate of drug-likeness (QED) is 0.828. The van der Waals surface area contributed by atoms with Gasteiger partial charge in [-0.15, -0.1) is 11.3 Å². The van der Waals surface area contributed by atoms with E-state index in [4.69, 9.17) is 16.3 Å². The number of nitrogens with zero attached hydrogens (tertiary/aromatic N) is 1. The molecule has 1 aliphatic heterocycles. The number of ether oxygens (including phenoxy) is 1. The molecule has 6 heteroatoms. The van der Waals surface area contributed by atoms with Crippen LogP contribution in [0.1, 0.15) is 54.7 Å². The number of nitrogens with one attached hydrogen (secondary N) is 1. The summed E-state index contributed by atoms with van der Waals surface area (Å²) in [4.78, 5) is 17.2. The highest BCUT2D eigenvalue weighted by molar-refractivity contribution is 7.10. The van der Waals surface area contributed by atoms with Crippen molar-refractivity contribution in [2.75, 3.05) is 19.8 Å². The van der Waals surface area contributed by atoms with Crippen LogP contribution in [0.4, 0.5) is 0 Å². The molecule has 3 rings (SSSR count). The van der Waals surface area contributed by atoms with Crippen molar-refractivity contribution in [2.24, 2.45) is 0 Å². The van der Waals surface area contributed by atoms with Crippen molar-refractivity contribution in [1.29, 1.82) is 0 Å². The third-order valence-electron chi connectivity index (χ3n) is 4.85. The van der Waals surface area contributed by atoms with Gasteiger partial charge in [-0.05, 0) is 30.5 Å². The van der Waals surface area contributed by atoms with Crippen molar-refractivity contribution in [1.82, 2.24) is 10.3 Å². The van der Waals surface area contributed by atoms with E-state index in [1.807, 2.05) is 23.6 Å². The highest BCUT2D eigenvalue weighted by atomic mass is 35.5. The Morgan fingerprint density at radius 3 is 2.69 bits per heavy atom. The molecule has 0 radical (unpaired) electrons. The molecule has 2 heterocycles. The molecule has 1 aromatic carbocycles. The van der Waals surface area contributed by atoms with E-state index >= 15 is 0 Å². The summed E-state index contributed by atoms with van der Waals surface area (Å²) in [5.41, 5.74) is 1.45. The van der Waals surface area contributed by atoms with E-state index in [0.29, 0.717) is 30.5 Å². The largest absolute Gasteiger partial charge is 0.381 e. The maximum absolute atomic E-state index is 12.6. The summed E-state index contributed by atoms with van der Waals surface area (Å²) in [6.07, 6.45) is 1.72. The summed E-state index contributed by atoms with van der Waals surface area (Å²) in [7, 11) is 0. The average Bonchev–Trinajstić information content (AvgIpc) is 3.11. The van der Waals surface area contributed by atoms with Gasteiger partial charge in [0, 0.05) is 41.0 Å². The number of rotatable bonds is 4. The summed E-state index contributed by atoms with van der Waals surface area (Å²) in [6.45, 7) is 8.23. The van der Waals surface area contributed by atoms with Crippen molar-refractivity contribution in [3.8, 4) is 0 Å². The van der Waals surface area contributed by atoms with Crippen LogP contribution in [-0.4, -0.2) is 30.6 Å². The van der Waals surface area contributed by atoms with Gasteiger partial charge in [-0.3, -0.25) is 4.79 Å². The van der Waals surface area contributed by atoms with Gasteiger partial charge in [-0.2, -0.15) is 0 Å². The van der Waals surface area contributed by atoms with E-state index in [0.717, 1.165) is 23.4 Å². The third-order valence-corrected chi connectivity index (χ3v) is 6.36. The first kappa shape index (κ1) is 19.3. The summed E-state index contributed by atoms with van der Waals surface area (Å²) in [5, 5.41) is 6.63. The van der Waals surface area contributed by atoms with Gasteiger partial charge in [0.1, 0.15) is 5.69 Å². The molecule has 1 fully saturated rings. The van der Waals surface area contributed by atoms with E-state index in [9.17, 15) is 4.79 Å². The first-order valence-electron chi connectivity index (χ1n) is 8.88. The predicted octanol–water partition coefficient (Wildman–Crippen LogP) is 4.57. The third kappa shape index (κ3) is 4.27. The van der Waals surface area contributed by atoms with E-state index in [-0.39, 0.29) is 16.7 Å². The SMILES string of the molecule is CC(C)(C)c1nc(C(=O)NCC2(c3cccc(Cl)c3)CCOCC2)cs1. The Morgan fingerprint density at radius 1 is 1.35 bits per heavy atom. The molecule has 26 heavy (non-hydrogen) atoms. The first-order chi connectivity index (χ1) is 12.3. The number of aromatic nitrogens is 1. The molecule has 140 valence electrons. The lowest BCUT2D eigenvalue weighted by Crippen LogP contribution is -2.44.